The molecule has 1 heterocycles. The molecule has 7 rings (SSSR count). The van der Waals surface area contributed by atoms with Crippen molar-refractivity contribution < 1.29 is 4.74 Å². The van der Waals surface area contributed by atoms with E-state index in [4.69, 9.17) is 9.73 Å². The summed E-state index contributed by atoms with van der Waals surface area (Å²) >= 11 is 0. The van der Waals surface area contributed by atoms with Gasteiger partial charge in [-0.1, -0.05) is 148 Å². The maximum Gasteiger partial charge on any atom is 0.217 e. The van der Waals surface area contributed by atoms with Gasteiger partial charge in [0.2, 0.25) is 5.90 Å². The maximum absolute atomic E-state index is 6.43. The minimum Gasteiger partial charge on any atom is -0.475 e. The van der Waals surface area contributed by atoms with Crippen molar-refractivity contribution in [2.75, 3.05) is 6.61 Å². The number of hydrogen-bond acceptors (Lipinski definition) is 2. The van der Waals surface area contributed by atoms with Crippen LogP contribution in [0.5, 0.6) is 0 Å². The first-order valence-corrected chi connectivity index (χ1v) is 16.0. The second kappa shape index (κ2) is 10.9. The number of aliphatic imine (C=N–C) groups is 1. The highest BCUT2D eigenvalue weighted by Crippen LogP contribution is 2.44. The summed E-state index contributed by atoms with van der Waals surface area (Å²) in [5.74, 6) is 0.748. The third-order valence-electron chi connectivity index (χ3n) is 8.24. The van der Waals surface area contributed by atoms with Gasteiger partial charge in [0.25, 0.3) is 0 Å². The smallest absolute Gasteiger partial charge is 0.217 e. The largest absolute Gasteiger partial charge is 0.475 e. The summed E-state index contributed by atoms with van der Waals surface area (Å²) in [5, 5.41) is 8.91. The Hall–Kier alpha value is -4.26. The standard InChI is InChI=1S/C39H34NOP/c1-39(2,3)35-26-41-38(40-35)33-24-22-27-14-10-12-20-31(27)36(33)37-32-21-13-11-15-28(32)23-25-34(37)42(29-16-6-4-7-17-29)30-18-8-5-9-19-30/h4-25,35H,26H2,1-3H3/t35-/m1/s1. The van der Waals surface area contributed by atoms with E-state index in [9.17, 15) is 0 Å². The van der Waals surface area contributed by atoms with Gasteiger partial charge in [-0.3, -0.25) is 0 Å². The first-order chi connectivity index (χ1) is 20.5. The van der Waals surface area contributed by atoms with Crippen LogP contribution in [0.2, 0.25) is 0 Å². The minimum atomic E-state index is -0.852. The Morgan fingerprint density at radius 3 is 1.69 bits per heavy atom. The van der Waals surface area contributed by atoms with Gasteiger partial charge in [-0.2, -0.15) is 0 Å². The Labute approximate surface area is 249 Å². The van der Waals surface area contributed by atoms with Gasteiger partial charge in [0.15, 0.2) is 0 Å². The van der Waals surface area contributed by atoms with Gasteiger partial charge < -0.3 is 4.74 Å². The van der Waals surface area contributed by atoms with E-state index in [2.05, 4.69) is 154 Å². The lowest BCUT2D eigenvalue weighted by atomic mass is 9.88. The fourth-order valence-corrected chi connectivity index (χ4v) is 8.45. The van der Waals surface area contributed by atoms with Gasteiger partial charge in [-0.25, -0.2) is 4.99 Å². The Morgan fingerprint density at radius 1 is 0.595 bits per heavy atom. The molecule has 0 aliphatic carbocycles. The molecular weight excluding hydrogens is 529 g/mol. The summed E-state index contributed by atoms with van der Waals surface area (Å²) in [6.45, 7) is 7.33. The van der Waals surface area contributed by atoms with Crippen LogP contribution in [-0.2, 0) is 4.74 Å². The van der Waals surface area contributed by atoms with Crippen molar-refractivity contribution in [1.29, 1.82) is 0 Å². The lowest BCUT2D eigenvalue weighted by Gasteiger charge is -2.25. The molecule has 0 saturated carbocycles. The van der Waals surface area contributed by atoms with Crippen LogP contribution < -0.4 is 15.9 Å². The highest BCUT2D eigenvalue weighted by molar-refractivity contribution is 7.80. The number of hydrogen-bond donors (Lipinski definition) is 0. The van der Waals surface area contributed by atoms with Gasteiger partial charge >= 0.3 is 0 Å². The first-order valence-electron chi connectivity index (χ1n) is 14.6. The fourth-order valence-electron chi connectivity index (χ4n) is 5.97. The number of rotatable bonds is 5. The molecule has 0 spiro atoms. The third-order valence-corrected chi connectivity index (χ3v) is 10.7. The predicted octanol–water partition coefficient (Wildman–Crippen LogP) is 8.61. The lowest BCUT2D eigenvalue weighted by molar-refractivity contribution is 0.236. The molecule has 0 amide bonds. The van der Waals surface area contributed by atoms with E-state index in [1.165, 1.54) is 48.6 Å². The first kappa shape index (κ1) is 26.6. The summed E-state index contributed by atoms with van der Waals surface area (Å²) < 4.78 is 6.43. The van der Waals surface area contributed by atoms with Gasteiger partial charge in [-0.05, 0) is 62.4 Å². The maximum atomic E-state index is 6.43. The molecule has 1 aliphatic rings. The molecule has 0 aromatic heterocycles. The molecule has 0 radical (unpaired) electrons. The predicted molar refractivity (Wildman–Crippen MR) is 181 cm³/mol. The van der Waals surface area contributed by atoms with E-state index < -0.39 is 7.92 Å². The molecule has 0 fully saturated rings. The molecule has 206 valence electrons. The van der Waals surface area contributed by atoms with E-state index in [1.54, 1.807) is 0 Å². The molecule has 42 heavy (non-hydrogen) atoms. The molecule has 2 nitrogen and oxygen atoms in total. The molecular formula is C39H34NOP. The Balaban J connectivity index is 1.60. The van der Waals surface area contributed by atoms with Crippen molar-refractivity contribution in [1.82, 2.24) is 0 Å². The summed E-state index contributed by atoms with van der Waals surface area (Å²) in [7, 11) is -0.852. The topological polar surface area (TPSA) is 21.6 Å². The average molecular weight is 564 g/mol. The van der Waals surface area contributed by atoms with Crippen LogP contribution in [-0.4, -0.2) is 18.5 Å². The molecule has 1 atom stereocenters. The normalized spacial score (nSPS) is 15.2. The number of fused-ring (bicyclic) bond motifs is 2. The second-order valence-electron chi connectivity index (χ2n) is 12.0. The SMILES string of the molecule is CC(C)(C)[C@H]1COC(c2ccc3ccccc3c2-c2c(P(c3ccccc3)c3ccccc3)ccc3ccccc23)=N1. The number of nitrogens with zero attached hydrogens (tertiary/aromatic N) is 1. The average Bonchev–Trinajstić information content (AvgIpc) is 3.53. The van der Waals surface area contributed by atoms with Crippen LogP contribution in [0.15, 0.2) is 138 Å². The van der Waals surface area contributed by atoms with Gasteiger partial charge in [0.05, 0.1) is 6.04 Å². The minimum absolute atomic E-state index is 0.0261. The Kier molecular flexibility index (Phi) is 6.88. The number of benzene rings is 6. The van der Waals surface area contributed by atoms with Crippen LogP contribution in [0.25, 0.3) is 32.7 Å². The molecule has 0 saturated heterocycles. The fraction of sp³-hybridized carbons (Fsp3) is 0.154. The lowest BCUT2D eigenvalue weighted by Crippen LogP contribution is -2.25. The van der Waals surface area contributed by atoms with Crippen molar-refractivity contribution in [3.8, 4) is 11.1 Å². The molecule has 0 unspecified atom stereocenters. The zero-order valence-corrected chi connectivity index (χ0v) is 25.2. The summed E-state index contributed by atoms with van der Waals surface area (Å²) in [5.41, 5.74) is 3.56. The molecule has 6 aromatic rings. The summed E-state index contributed by atoms with van der Waals surface area (Å²) in [6.07, 6.45) is 0. The van der Waals surface area contributed by atoms with E-state index in [0.717, 1.165) is 11.5 Å². The highest BCUT2D eigenvalue weighted by atomic mass is 31.1. The van der Waals surface area contributed by atoms with Crippen molar-refractivity contribution in [2.24, 2.45) is 10.4 Å². The monoisotopic (exact) mass is 563 g/mol. The highest BCUT2D eigenvalue weighted by Gasteiger charge is 2.33. The Bertz CT molecular complexity index is 1880. The molecule has 1 aliphatic heterocycles. The molecule has 0 bridgehead atoms. The third kappa shape index (κ3) is 4.81. The quantitative estimate of drug-likeness (QED) is 0.193. The molecule has 3 heteroatoms. The van der Waals surface area contributed by atoms with Gasteiger partial charge in [-0.15, -0.1) is 0 Å². The van der Waals surface area contributed by atoms with Crippen molar-refractivity contribution in [3.05, 3.63) is 139 Å². The number of ether oxygens (including phenoxy) is 1. The second-order valence-corrected chi connectivity index (χ2v) is 14.2. The zero-order chi connectivity index (χ0) is 28.7. The van der Waals surface area contributed by atoms with E-state index in [0.29, 0.717) is 6.61 Å². The van der Waals surface area contributed by atoms with E-state index >= 15 is 0 Å². The summed E-state index contributed by atoms with van der Waals surface area (Å²) in [4.78, 5) is 5.19. The van der Waals surface area contributed by atoms with E-state index in [1.807, 2.05) is 0 Å². The Morgan fingerprint density at radius 2 is 1.12 bits per heavy atom. The summed E-state index contributed by atoms with van der Waals surface area (Å²) in [6, 6.07) is 48.7. The van der Waals surface area contributed by atoms with Crippen LogP contribution >= 0.6 is 7.92 Å². The van der Waals surface area contributed by atoms with Crippen molar-refractivity contribution >= 4 is 51.3 Å². The van der Waals surface area contributed by atoms with Gasteiger partial charge in [0.1, 0.15) is 6.61 Å². The van der Waals surface area contributed by atoms with Crippen LogP contribution in [0, 0.1) is 5.41 Å². The van der Waals surface area contributed by atoms with Crippen molar-refractivity contribution in [2.45, 2.75) is 26.8 Å². The van der Waals surface area contributed by atoms with E-state index in [-0.39, 0.29) is 11.5 Å². The molecule has 6 aromatic carbocycles. The van der Waals surface area contributed by atoms with Crippen LogP contribution in [0.3, 0.4) is 0 Å². The van der Waals surface area contributed by atoms with Crippen molar-refractivity contribution in [3.63, 3.8) is 0 Å². The van der Waals surface area contributed by atoms with Gasteiger partial charge in [0, 0.05) is 11.1 Å². The zero-order valence-electron chi connectivity index (χ0n) is 24.3. The van der Waals surface area contributed by atoms with Crippen LogP contribution in [0.1, 0.15) is 26.3 Å². The van der Waals surface area contributed by atoms with Crippen LogP contribution in [0.4, 0.5) is 0 Å². The molecule has 0 N–H and O–H groups in total.